The van der Waals surface area contributed by atoms with Crippen molar-refractivity contribution in [1.29, 1.82) is 0 Å². The monoisotopic (exact) mass is 238 g/mol. The first kappa shape index (κ1) is 11.7. The fourth-order valence-corrected chi connectivity index (χ4v) is 1.36. The van der Waals surface area contributed by atoms with Gasteiger partial charge in [0, 0.05) is 12.1 Å². The third-order valence-electron chi connectivity index (χ3n) is 1.43. The van der Waals surface area contributed by atoms with Crippen LogP contribution in [0.3, 0.4) is 0 Å². The van der Waals surface area contributed by atoms with Crippen molar-refractivity contribution < 1.29 is 26.1 Å². The first-order valence-electron chi connectivity index (χ1n) is 3.76. The molecule has 0 N–H and O–H groups in total. The van der Waals surface area contributed by atoms with Crippen molar-refractivity contribution in [3.63, 3.8) is 0 Å². The van der Waals surface area contributed by atoms with Gasteiger partial charge >= 0.3 is 10.1 Å². The molecule has 0 spiro atoms. The van der Waals surface area contributed by atoms with Gasteiger partial charge in [-0.2, -0.15) is 12.8 Å². The van der Waals surface area contributed by atoms with E-state index in [1.165, 1.54) is 0 Å². The summed E-state index contributed by atoms with van der Waals surface area (Å²) in [5.41, 5.74) is 0. The van der Waals surface area contributed by atoms with Crippen LogP contribution in [0.1, 0.15) is 0 Å². The molecule has 0 aliphatic rings. The Bertz CT molecular complexity index is 470. The highest BCUT2D eigenvalue weighted by atomic mass is 32.2. The van der Waals surface area contributed by atoms with E-state index < -0.39 is 33.3 Å². The molecule has 0 radical (unpaired) electrons. The molecule has 1 rings (SSSR count). The summed E-state index contributed by atoms with van der Waals surface area (Å²) >= 11 is 0. The first-order valence-corrected chi connectivity index (χ1v) is 5.57. The summed E-state index contributed by atoms with van der Waals surface area (Å²) in [7, 11) is -2.78. The van der Waals surface area contributed by atoms with Crippen LogP contribution < -0.4 is 8.92 Å². The van der Waals surface area contributed by atoms with Crippen LogP contribution >= 0.6 is 0 Å². The predicted octanol–water partition coefficient (Wildman–Crippen LogP) is 1.31. The molecule has 0 saturated carbocycles. The molecule has 0 bridgehead atoms. The van der Waals surface area contributed by atoms with Crippen LogP contribution in [0.15, 0.2) is 12.1 Å². The molecule has 7 heteroatoms. The van der Waals surface area contributed by atoms with Crippen LogP contribution in [0.25, 0.3) is 0 Å². The second kappa shape index (κ2) is 4.01. The number of ether oxygens (including phenoxy) is 1. The van der Waals surface area contributed by atoms with Crippen molar-refractivity contribution in [3.8, 4) is 11.5 Å². The molecule has 0 saturated heterocycles. The Morgan fingerprint density at radius 3 is 2.20 bits per heavy atom. The molecule has 84 valence electrons. The quantitative estimate of drug-likeness (QED) is 0.745. The zero-order chi connectivity index (χ0) is 11.6. The smallest absolute Gasteiger partial charge is 0.306 e. The Morgan fingerprint density at radius 1 is 1.20 bits per heavy atom. The molecule has 0 aromatic heterocycles. The standard InChI is InChI=1S/C8H8F2O4S/c1-13-6-3-5(9)4-7(8(6)10)14-15(2,11)12/h3-4H,1-2H3. The Hall–Kier alpha value is -1.37. The third kappa shape index (κ3) is 3.05. The van der Waals surface area contributed by atoms with Gasteiger partial charge in [0.2, 0.25) is 5.82 Å². The van der Waals surface area contributed by atoms with Crippen LogP contribution in [0.2, 0.25) is 0 Å². The van der Waals surface area contributed by atoms with Crippen LogP contribution in [0, 0.1) is 11.6 Å². The average molecular weight is 238 g/mol. The highest BCUT2D eigenvalue weighted by Gasteiger charge is 2.16. The number of methoxy groups -OCH3 is 1. The van der Waals surface area contributed by atoms with E-state index in [1.54, 1.807) is 0 Å². The molecule has 0 heterocycles. The Kier molecular flexibility index (Phi) is 3.13. The molecular weight excluding hydrogens is 230 g/mol. The molecule has 15 heavy (non-hydrogen) atoms. The van der Waals surface area contributed by atoms with Crippen LogP contribution in [-0.2, 0) is 10.1 Å². The molecule has 0 amide bonds. The molecule has 0 fully saturated rings. The minimum Gasteiger partial charge on any atom is -0.493 e. The van der Waals surface area contributed by atoms with Crippen molar-refractivity contribution in [3.05, 3.63) is 23.8 Å². The second-order valence-electron chi connectivity index (χ2n) is 2.71. The summed E-state index contributed by atoms with van der Waals surface area (Å²) < 4.78 is 56.3. The average Bonchev–Trinajstić information content (AvgIpc) is 2.08. The largest absolute Gasteiger partial charge is 0.493 e. The summed E-state index contributed by atoms with van der Waals surface area (Å²) in [6.07, 6.45) is 0.726. The summed E-state index contributed by atoms with van der Waals surface area (Å²) in [6.45, 7) is 0. The van der Waals surface area contributed by atoms with E-state index in [-0.39, 0.29) is 0 Å². The maximum Gasteiger partial charge on any atom is 0.306 e. The van der Waals surface area contributed by atoms with Crippen LogP contribution in [0.5, 0.6) is 11.5 Å². The van der Waals surface area contributed by atoms with Gasteiger partial charge in [-0.15, -0.1) is 0 Å². The maximum atomic E-state index is 13.3. The van der Waals surface area contributed by atoms with Gasteiger partial charge in [0.15, 0.2) is 11.5 Å². The van der Waals surface area contributed by atoms with Gasteiger partial charge in [-0.3, -0.25) is 0 Å². The summed E-state index contributed by atoms with van der Waals surface area (Å²) in [4.78, 5) is 0. The number of benzene rings is 1. The number of halogens is 2. The lowest BCUT2D eigenvalue weighted by Crippen LogP contribution is -2.08. The van der Waals surface area contributed by atoms with Crippen molar-refractivity contribution in [2.45, 2.75) is 0 Å². The van der Waals surface area contributed by atoms with E-state index in [2.05, 4.69) is 8.92 Å². The normalized spacial score (nSPS) is 11.2. The Balaban J connectivity index is 3.24. The summed E-state index contributed by atoms with van der Waals surface area (Å²) in [5.74, 6) is -3.07. The Morgan fingerprint density at radius 2 is 1.73 bits per heavy atom. The van der Waals surface area contributed by atoms with Crippen molar-refractivity contribution in [1.82, 2.24) is 0 Å². The van der Waals surface area contributed by atoms with E-state index in [9.17, 15) is 17.2 Å². The second-order valence-corrected chi connectivity index (χ2v) is 4.28. The fourth-order valence-electron chi connectivity index (χ4n) is 0.913. The van der Waals surface area contributed by atoms with Crippen molar-refractivity contribution in [2.75, 3.05) is 13.4 Å². The van der Waals surface area contributed by atoms with E-state index in [0.29, 0.717) is 6.07 Å². The van der Waals surface area contributed by atoms with E-state index in [0.717, 1.165) is 19.4 Å². The molecule has 0 atom stereocenters. The molecule has 0 aliphatic carbocycles. The van der Waals surface area contributed by atoms with Gasteiger partial charge < -0.3 is 8.92 Å². The van der Waals surface area contributed by atoms with Crippen molar-refractivity contribution in [2.24, 2.45) is 0 Å². The topological polar surface area (TPSA) is 52.6 Å². The van der Waals surface area contributed by atoms with E-state index >= 15 is 0 Å². The third-order valence-corrected chi connectivity index (χ3v) is 1.91. The fraction of sp³-hybridized carbons (Fsp3) is 0.250. The lowest BCUT2D eigenvalue weighted by Gasteiger charge is -2.07. The predicted molar refractivity (Wildman–Crippen MR) is 48.4 cm³/mol. The minimum absolute atomic E-state index is 0.423. The number of hydrogen-bond acceptors (Lipinski definition) is 4. The molecule has 0 unspecified atom stereocenters. The zero-order valence-corrected chi connectivity index (χ0v) is 8.77. The van der Waals surface area contributed by atoms with E-state index in [1.807, 2.05) is 0 Å². The summed E-state index contributed by atoms with van der Waals surface area (Å²) in [5, 5.41) is 0. The van der Waals surface area contributed by atoms with Gasteiger partial charge in [0.05, 0.1) is 13.4 Å². The molecule has 4 nitrogen and oxygen atoms in total. The van der Waals surface area contributed by atoms with Gasteiger partial charge in [-0.25, -0.2) is 4.39 Å². The molecular formula is C8H8F2O4S. The first-order chi connectivity index (χ1) is 6.83. The molecule has 1 aromatic rings. The highest BCUT2D eigenvalue weighted by Crippen LogP contribution is 2.28. The number of hydrogen-bond donors (Lipinski definition) is 0. The van der Waals surface area contributed by atoms with Gasteiger partial charge in [-0.05, 0) is 0 Å². The van der Waals surface area contributed by atoms with E-state index in [4.69, 9.17) is 0 Å². The lowest BCUT2D eigenvalue weighted by molar-refractivity contribution is 0.371. The van der Waals surface area contributed by atoms with Crippen LogP contribution in [0.4, 0.5) is 8.78 Å². The zero-order valence-electron chi connectivity index (χ0n) is 7.95. The van der Waals surface area contributed by atoms with Gasteiger partial charge in [0.25, 0.3) is 0 Å². The maximum absolute atomic E-state index is 13.3. The highest BCUT2D eigenvalue weighted by molar-refractivity contribution is 7.86. The number of rotatable bonds is 3. The molecule has 0 aliphatic heterocycles. The SMILES string of the molecule is COc1cc(F)cc(OS(C)(=O)=O)c1F. The minimum atomic E-state index is -3.90. The lowest BCUT2D eigenvalue weighted by atomic mass is 10.3. The van der Waals surface area contributed by atoms with Crippen molar-refractivity contribution >= 4 is 10.1 Å². The van der Waals surface area contributed by atoms with Crippen LogP contribution in [-0.4, -0.2) is 21.8 Å². The Labute approximate surface area is 85.6 Å². The van der Waals surface area contributed by atoms with Gasteiger partial charge in [-0.1, -0.05) is 0 Å². The summed E-state index contributed by atoms with van der Waals surface area (Å²) in [6, 6.07) is 1.41. The molecule has 1 aromatic carbocycles. The van der Waals surface area contributed by atoms with Gasteiger partial charge in [0.1, 0.15) is 5.82 Å².